The normalized spacial score (nSPS) is 18.8. The summed E-state index contributed by atoms with van der Waals surface area (Å²) in [6, 6.07) is 19.3. The first-order chi connectivity index (χ1) is 15.7. The van der Waals surface area contributed by atoms with Crippen molar-refractivity contribution in [2.45, 2.75) is 42.3 Å². The highest BCUT2D eigenvalue weighted by Gasteiger charge is 2.20. The molecule has 2 atom stereocenters. The van der Waals surface area contributed by atoms with E-state index in [0.29, 0.717) is 17.5 Å². The highest BCUT2D eigenvalue weighted by Crippen LogP contribution is 2.37. The van der Waals surface area contributed by atoms with E-state index in [9.17, 15) is 8.42 Å². The first kappa shape index (κ1) is 24.9. The van der Waals surface area contributed by atoms with Gasteiger partial charge in [0.05, 0.1) is 12.7 Å². The summed E-state index contributed by atoms with van der Waals surface area (Å²) in [5.41, 5.74) is 3.55. The predicted octanol–water partition coefficient (Wildman–Crippen LogP) is 5.54. The maximum absolute atomic E-state index is 12.6. The largest absolute Gasteiger partial charge is 0.476 e. The van der Waals surface area contributed by atoms with E-state index < -0.39 is 15.8 Å². The van der Waals surface area contributed by atoms with Gasteiger partial charge in [-0.2, -0.15) is 0 Å². The Labute approximate surface area is 211 Å². The molecular formula is C25H26BBrO3P2S. The van der Waals surface area contributed by atoms with E-state index in [1.54, 1.807) is 24.3 Å². The Kier molecular flexibility index (Phi) is 8.01. The molecule has 8 heteroatoms. The molecule has 170 valence electrons. The lowest BCUT2D eigenvalue weighted by molar-refractivity contribution is 0.383. The van der Waals surface area contributed by atoms with Gasteiger partial charge in [-0.25, -0.2) is 8.42 Å². The van der Waals surface area contributed by atoms with Crippen molar-refractivity contribution in [3.8, 4) is 16.9 Å². The Morgan fingerprint density at radius 2 is 1.45 bits per heavy atom. The van der Waals surface area contributed by atoms with Crippen molar-refractivity contribution in [2.24, 2.45) is 0 Å². The van der Waals surface area contributed by atoms with Crippen LogP contribution in [0.15, 0.2) is 70.0 Å². The van der Waals surface area contributed by atoms with Crippen molar-refractivity contribution in [3.05, 3.63) is 70.7 Å². The summed E-state index contributed by atoms with van der Waals surface area (Å²) in [6.07, 6.45) is 4.50. The summed E-state index contributed by atoms with van der Waals surface area (Å²) in [5.74, 6) is 1.07. The number of hydrogen-bond acceptors (Lipinski definition) is 3. The molecule has 4 rings (SSSR count). The van der Waals surface area contributed by atoms with Crippen LogP contribution in [0.5, 0.6) is 5.75 Å². The number of hydrogen-bond donors (Lipinski definition) is 0. The molecule has 2 unspecified atom stereocenters. The van der Waals surface area contributed by atoms with Gasteiger partial charge in [-0.05, 0) is 71.8 Å². The monoisotopic (exact) mass is 558 g/mol. The van der Waals surface area contributed by atoms with E-state index in [4.69, 9.17) is 12.6 Å². The summed E-state index contributed by atoms with van der Waals surface area (Å²) in [4.78, 5) is 0.234. The number of sulfone groups is 1. The number of ether oxygens (including phenoxy) is 1. The van der Waals surface area contributed by atoms with Crippen LogP contribution >= 0.6 is 34.4 Å². The van der Waals surface area contributed by atoms with Crippen molar-refractivity contribution < 1.29 is 13.2 Å². The van der Waals surface area contributed by atoms with Gasteiger partial charge in [0.2, 0.25) is 9.84 Å². The van der Waals surface area contributed by atoms with Gasteiger partial charge in [0, 0.05) is 15.1 Å². The van der Waals surface area contributed by atoms with Crippen LogP contribution in [0.4, 0.5) is 0 Å². The minimum Gasteiger partial charge on any atom is -0.476 e. The molecule has 1 fully saturated rings. The van der Waals surface area contributed by atoms with E-state index >= 15 is 0 Å². The van der Waals surface area contributed by atoms with E-state index in [2.05, 4.69) is 58.7 Å². The molecule has 0 aliphatic heterocycles. The van der Waals surface area contributed by atoms with Crippen LogP contribution in [-0.2, 0) is 9.84 Å². The fraction of sp³-hybridized carbons (Fsp3) is 0.280. The second-order valence-corrected chi connectivity index (χ2v) is 12.6. The van der Waals surface area contributed by atoms with Gasteiger partial charge in [-0.15, -0.1) is 18.5 Å². The number of rotatable bonds is 6. The van der Waals surface area contributed by atoms with Crippen LogP contribution in [0.1, 0.15) is 37.2 Å². The van der Waals surface area contributed by atoms with E-state index in [1.165, 1.54) is 5.56 Å². The molecule has 3 aromatic rings. The molecule has 0 heterocycles. The van der Waals surface area contributed by atoms with Crippen molar-refractivity contribution in [1.82, 2.24) is 0 Å². The molecule has 0 aromatic heterocycles. The zero-order valence-corrected chi connectivity index (χ0v) is 22.9. The van der Waals surface area contributed by atoms with Gasteiger partial charge in [0.15, 0.2) is 5.94 Å². The topological polar surface area (TPSA) is 43.4 Å². The van der Waals surface area contributed by atoms with Crippen molar-refractivity contribution in [1.29, 1.82) is 0 Å². The van der Waals surface area contributed by atoms with Gasteiger partial charge in [0.25, 0.3) is 0 Å². The van der Waals surface area contributed by atoms with E-state index in [-0.39, 0.29) is 4.90 Å². The highest BCUT2D eigenvalue weighted by molar-refractivity contribution is 9.10. The molecule has 0 saturated heterocycles. The van der Waals surface area contributed by atoms with Crippen LogP contribution in [0.25, 0.3) is 11.1 Å². The average molecular weight is 559 g/mol. The Morgan fingerprint density at radius 3 is 2.03 bits per heavy atom. The van der Waals surface area contributed by atoms with Gasteiger partial charge in [-0.1, -0.05) is 58.9 Å². The van der Waals surface area contributed by atoms with Crippen molar-refractivity contribution in [2.75, 3.05) is 5.94 Å². The lowest BCUT2D eigenvalue weighted by Gasteiger charge is -2.26. The minimum absolute atomic E-state index is 0.234. The van der Waals surface area contributed by atoms with Gasteiger partial charge >= 0.3 is 0 Å². The highest BCUT2D eigenvalue weighted by atomic mass is 79.9. The minimum atomic E-state index is -3.56. The fourth-order valence-corrected chi connectivity index (χ4v) is 6.50. The Balaban J connectivity index is 1.48. The molecule has 1 saturated carbocycles. The zero-order valence-electron chi connectivity index (χ0n) is 18.2. The third-order valence-corrected chi connectivity index (χ3v) is 8.97. The molecule has 33 heavy (non-hydrogen) atoms. The van der Waals surface area contributed by atoms with Crippen LogP contribution in [0.3, 0.4) is 0 Å². The Morgan fingerprint density at radius 1 is 0.879 bits per heavy atom. The lowest BCUT2D eigenvalue weighted by Crippen LogP contribution is -2.18. The molecule has 3 aromatic carbocycles. The maximum atomic E-state index is 12.6. The summed E-state index contributed by atoms with van der Waals surface area (Å²) in [7, 11) is 7.81. The van der Waals surface area contributed by atoms with Crippen LogP contribution in [0.2, 0.25) is 5.82 Å². The third-order valence-electron chi connectivity index (χ3n) is 6.16. The van der Waals surface area contributed by atoms with Crippen LogP contribution < -0.4 is 15.3 Å². The van der Waals surface area contributed by atoms with Gasteiger partial charge < -0.3 is 4.74 Å². The number of benzene rings is 3. The lowest BCUT2D eigenvalue weighted by atomic mass is 9.70. The molecule has 3 nitrogen and oxygen atoms in total. The van der Waals surface area contributed by atoms with Crippen LogP contribution in [0, 0.1) is 0 Å². The summed E-state index contributed by atoms with van der Waals surface area (Å²) in [6.45, 7) is 0. The molecule has 0 bridgehead atoms. The smallest absolute Gasteiger partial charge is 0.213 e. The Bertz CT molecular complexity index is 1200. The SMILES string of the molecule is [B]C1CCC(c2ccc(-c3cc(P)c(OCS(=O)(=O)c4ccc(Br)cc4)c(P)c3)cc2)CC1. The second-order valence-electron chi connectivity index (χ2n) is 8.55. The molecular weight excluding hydrogens is 533 g/mol. The summed E-state index contributed by atoms with van der Waals surface area (Å²) in [5, 5.41) is 1.63. The standard InChI is InChI=1S/C25H26BBrO3P2S/c26-20-7-5-17(6-8-20)16-1-3-18(4-2-16)19-13-23(31)25(24(32)14-19)30-15-33(28,29)22-11-9-21(27)10-12-22/h1-4,9-14,17,20H,5-8,15,31-32H2. The number of halogens is 1. The van der Waals surface area contributed by atoms with Gasteiger partial charge in [0.1, 0.15) is 5.75 Å². The second kappa shape index (κ2) is 10.6. The van der Waals surface area contributed by atoms with E-state index in [1.807, 2.05) is 12.1 Å². The summed E-state index contributed by atoms with van der Waals surface area (Å²) >= 11 is 3.32. The van der Waals surface area contributed by atoms with Crippen molar-refractivity contribution >= 4 is 62.7 Å². The first-order valence-electron chi connectivity index (χ1n) is 10.9. The molecule has 0 N–H and O–H groups in total. The van der Waals surface area contributed by atoms with E-state index in [0.717, 1.165) is 51.9 Å². The molecule has 0 amide bonds. The van der Waals surface area contributed by atoms with Crippen molar-refractivity contribution in [3.63, 3.8) is 0 Å². The Hall–Kier alpha value is -1.19. The molecule has 1 aliphatic rings. The average Bonchev–Trinajstić information content (AvgIpc) is 2.79. The third kappa shape index (κ3) is 6.09. The molecule has 1 aliphatic carbocycles. The molecule has 2 radical (unpaired) electrons. The zero-order chi connectivity index (χ0) is 23.6. The molecule has 0 spiro atoms. The van der Waals surface area contributed by atoms with Gasteiger partial charge in [-0.3, -0.25) is 0 Å². The predicted molar refractivity (Wildman–Crippen MR) is 148 cm³/mol. The first-order valence-corrected chi connectivity index (χ1v) is 14.5. The maximum Gasteiger partial charge on any atom is 0.213 e. The fourth-order valence-electron chi connectivity index (χ4n) is 4.25. The van der Waals surface area contributed by atoms with Crippen LogP contribution in [-0.4, -0.2) is 22.2 Å². The quantitative estimate of drug-likeness (QED) is 0.295. The summed E-state index contributed by atoms with van der Waals surface area (Å²) < 4.78 is 31.9.